The fourth-order valence-electron chi connectivity index (χ4n) is 2.15. The highest BCUT2D eigenvalue weighted by molar-refractivity contribution is 5.53. The van der Waals surface area contributed by atoms with Gasteiger partial charge in [0.05, 0.1) is 0 Å². The third-order valence-corrected chi connectivity index (χ3v) is 2.77. The summed E-state index contributed by atoms with van der Waals surface area (Å²) in [4.78, 5) is 2.20. The molecule has 1 rings (SSSR count). The minimum atomic E-state index is 0.642. The fraction of sp³-hybridized carbons (Fsp3) is 0.571. The molecule has 1 heteroatoms. The minimum absolute atomic E-state index is 0.642. The second-order valence-electron chi connectivity index (χ2n) is 4.98. The van der Waals surface area contributed by atoms with Crippen LogP contribution in [0.4, 0.5) is 5.69 Å². The van der Waals surface area contributed by atoms with Gasteiger partial charge in [0.15, 0.2) is 0 Å². The molecule has 0 bridgehead atoms. The summed E-state index contributed by atoms with van der Waals surface area (Å²) in [5.41, 5.74) is 2.82. The van der Waals surface area contributed by atoms with Crippen LogP contribution in [0.5, 0.6) is 0 Å². The number of benzene rings is 1. The Hall–Kier alpha value is -0.980. The normalized spacial score (nSPS) is 12.9. The van der Waals surface area contributed by atoms with Gasteiger partial charge in [0.2, 0.25) is 0 Å². The maximum absolute atomic E-state index is 2.32. The largest absolute Gasteiger partial charge is 0.377 e. The SMILES string of the molecule is CC(C)CC(C)c1ccccc1N(C)C. The Bertz CT molecular complexity index is 302. The maximum Gasteiger partial charge on any atom is 0.0396 e. The van der Waals surface area contributed by atoms with Gasteiger partial charge in [-0.2, -0.15) is 0 Å². The van der Waals surface area contributed by atoms with Gasteiger partial charge in [-0.1, -0.05) is 39.0 Å². The molecule has 0 amide bonds. The van der Waals surface area contributed by atoms with Crippen LogP contribution in [0.2, 0.25) is 0 Å². The van der Waals surface area contributed by atoms with Crippen molar-refractivity contribution in [3.63, 3.8) is 0 Å². The molecule has 0 aliphatic rings. The molecule has 1 nitrogen and oxygen atoms in total. The third kappa shape index (κ3) is 3.26. The Balaban J connectivity index is 2.92. The van der Waals surface area contributed by atoms with Crippen molar-refractivity contribution in [2.24, 2.45) is 5.92 Å². The number of para-hydroxylation sites is 1. The van der Waals surface area contributed by atoms with E-state index >= 15 is 0 Å². The lowest BCUT2D eigenvalue weighted by atomic mass is 9.91. The van der Waals surface area contributed by atoms with Crippen LogP contribution in [0.3, 0.4) is 0 Å². The van der Waals surface area contributed by atoms with E-state index < -0.39 is 0 Å². The van der Waals surface area contributed by atoms with Gasteiger partial charge in [-0.3, -0.25) is 0 Å². The monoisotopic (exact) mass is 205 g/mol. The first kappa shape index (κ1) is 12.1. The highest BCUT2D eigenvalue weighted by atomic mass is 15.1. The van der Waals surface area contributed by atoms with Gasteiger partial charge >= 0.3 is 0 Å². The molecule has 0 heterocycles. The number of nitrogens with zero attached hydrogens (tertiary/aromatic N) is 1. The molecule has 0 aliphatic heterocycles. The molecule has 0 saturated heterocycles. The smallest absolute Gasteiger partial charge is 0.0396 e. The van der Waals surface area contributed by atoms with E-state index in [1.165, 1.54) is 17.7 Å². The van der Waals surface area contributed by atoms with Crippen molar-refractivity contribution in [1.82, 2.24) is 0 Å². The van der Waals surface area contributed by atoms with Crippen LogP contribution < -0.4 is 4.90 Å². The van der Waals surface area contributed by atoms with Crippen LogP contribution in [0.15, 0.2) is 24.3 Å². The second kappa shape index (κ2) is 5.20. The van der Waals surface area contributed by atoms with Crippen molar-refractivity contribution in [1.29, 1.82) is 0 Å². The van der Waals surface area contributed by atoms with E-state index in [0.717, 1.165) is 5.92 Å². The summed E-state index contributed by atoms with van der Waals surface area (Å²) in [6.07, 6.45) is 1.25. The lowest BCUT2D eigenvalue weighted by molar-refractivity contribution is 0.524. The Kier molecular flexibility index (Phi) is 4.19. The van der Waals surface area contributed by atoms with Crippen molar-refractivity contribution in [2.45, 2.75) is 33.1 Å². The van der Waals surface area contributed by atoms with Gasteiger partial charge in [0.1, 0.15) is 0 Å². The van der Waals surface area contributed by atoms with Gasteiger partial charge < -0.3 is 4.90 Å². The lowest BCUT2D eigenvalue weighted by Crippen LogP contribution is -2.12. The number of rotatable bonds is 4. The van der Waals surface area contributed by atoms with Crippen molar-refractivity contribution in [2.75, 3.05) is 19.0 Å². The molecular formula is C14H23N. The molecule has 0 N–H and O–H groups in total. The summed E-state index contributed by atoms with van der Waals surface area (Å²) in [5, 5.41) is 0. The Morgan fingerprint density at radius 1 is 1.07 bits per heavy atom. The summed E-state index contributed by atoms with van der Waals surface area (Å²) >= 11 is 0. The molecule has 0 aromatic heterocycles. The van der Waals surface area contributed by atoms with E-state index in [1.54, 1.807) is 0 Å². The average Bonchev–Trinajstić information content (AvgIpc) is 2.16. The van der Waals surface area contributed by atoms with Gasteiger partial charge in [-0.05, 0) is 29.9 Å². The molecule has 1 atom stereocenters. The van der Waals surface area contributed by atoms with Gasteiger partial charge in [0, 0.05) is 19.8 Å². The maximum atomic E-state index is 2.32. The van der Waals surface area contributed by atoms with E-state index in [1.807, 2.05) is 0 Å². The van der Waals surface area contributed by atoms with Crippen LogP contribution in [-0.2, 0) is 0 Å². The van der Waals surface area contributed by atoms with Crippen LogP contribution in [0.25, 0.3) is 0 Å². The topological polar surface area (TPSA) is 3.24 Å². The first-order valence-corrected chi connectivity index (χ1v) is 5.78. The molecule has 0 aliphatic carbocycles. The zero-order valence-electron chi connectivity index (χ0n) is 10.6. The molecule has 1 aromatic carbocycles. The van der Waals surface area contributed by atoms with Crippen molar-refractivity contribution in [3.8, 4) is 0 Å². The summed E-state index contributed by atoms with van der Waals surface area (Å²) < 4.78 is 0. The molecule has 1 aromatic rings. The van der Waals surface area contributed by atoms with E-state index in [2.05, 4.69) is 64.0 Å². The van der Waals surface area contributed by atoms with Crippen LogP contribution >= 0.6 is 0 Å². The molecule has 15 heavy (non-hydrogen) atoms. The highest BCUT2D eigenvalue weighted by Gasteiger charge is 2.12. The van der Waals surface area contributed by atoms with Crippen LogP contribution in [0.1, 0.15) is 38.7 Å². The molecule has 0 saturated carbocycles. The molecule has 84 valence electrons. The lowest BCUT2D eigenvalue weighted by Gasteiger charge is -2.22. The van der Waals surface area contributed by atoms with Crippen molar-refractivity contribution in [3.05, 3.63) is 29.8 Å². The van der Waals surface area contributed by atoms with Gasteiger partial charge in [-0.15, -0.1) is 0 Å². The van der Waals surface area contributed by atoms with Crippen LogP contribution in [0, 0.1) is 5.92 Å². The van der Waals surface area contributed by atoms with E-state index in [-0.39, 0.29) is 0 Å². The predicted octanol–water partition coefficient (Wildman–Crippen LogP) is 3.90. The summed E-state index contributed by atoms with van der Waals surface area (Å²) in [7, 11) is 4.22. The predicted molar refractivity (Wildman–Crippen MR) is 68.6 cm³/mol. The Morgan fingerprint density at radius 3 is 2.20 bits per heavy atom. The minimum Gasteiger partial charge on any atom is -0.377 e. The number of hydrogen-bond acceptors (Lipinski definition) is 1. The summed E-state index contributed by atoms with van der Waals surface area (Å²) in [6.45, 7) is 6.89. The standard InChI is InChI=1S/C14H23N/c1-11(2)10-12(3)13-8-6-7-9-14(13)15(4)5/h6-9,11-12H,10H2,1-5H3. The molecular weight excluding hydrogens is 182 g/mol. The Labute approximate surface area is 94.1 Å². The molecule has 0 spiro atoms. The first-order chi connectivity index (χ1) is 7.02. The average molecular weight is 205 g/mol. The molecule has 0 fully saturated rings. The van der Waals surface area contributed by atoms with Crippen molar-refractivity contribution < 1.29 is 0 Å². The van der Waals surface area contributed by atoms with E-state index in [0.29, 0.717) is 5.92 Å². The third-order valence-electron chi connectivity index (χ3n) is 2.77. The molecule has 1 unspecified atom stereocenters. The fourth-order valence-corrected chi connectivity index (χ4v) is 2.15. The quantitative estimate of drug-likeness (QED) is 0.720. The Morgan fingerprint density at radius 2 is 1.67 bits per heavy atom. The number of hydrogen-bond donors (Lipinski definition) is 0. The summed E-state index contributed by atoms with van der Waals surface area (Å²) in [5.74, 6) is 1.40. The van der Waals surface area contributed by atoms with Gasteiger partial charge in [0.25, 0.3) is 0 Å². The zero-order chi connectivity index (χ0) is 11.4. The first-order valence-electron chi connectivity index (χ1n) is 5.78. The highest BCUT2D eigenvalue weighted by Crippen LogP contribution is 2.30. The van der Waals surface area contributed by atoms with Crippen LogP contribution in [-0.4, -0.2) is 14.1 Å². The van der Waals surface area contributed by atoms with E-state index in [9.17, 15) is 0 Å². The zero-order valence-corrected chi connectivity index (χ0v) is 10.6. The van der Waals surface area contributed by atoms with Gasteiger partial charge in [-0.25, -0.2) is 0 Å². The summed E-state index contributed by atoms with van der Waals surface area (Å²) in [6, 6.07) is 8.70. The number of anilines is 1. The second-order valence-corrected chi connectivity index (χ2v) is 4.98. The van der Waals surface area contributed by atoms with E-state index in [4.69, 9.17) is 0 Å². The molecule has 0 radical (unpaired) electrons. The van der Waals surface area contributed by atoms with Crippen molar-refractivity contribution >= 4 is 5.69 Å².